The molecule has 1 N–H and O–H groups in total. The predicted molar refractivity (Wildman–Crippen MR) is 154 cm³/mol. The van der Waals surface area contributed by atoms with Crippen molar-refractivity contribution in [3.63, 3.8) is 0 Å². The van der Waals surface area contributed by atoms with E-state index in [1.165, 1.54) is 6.07 Å². The van der Waals surface area contributed by atoms with Gasteiger partial charge in [-0.3, -0.25) is 4.98 Å². The highest BCUT2D eigenvalue weighted by atomic mass is 35.5. The van der Waals surface area contributed by atoms with E-state index in [4.69, 9.17) is 16.3 Å². The molecule has 0 amide bonds. The minimum absolute atomic E-state index is 0. The standard InChI is InChI=1S/C26H21ClF2N6O.2H2S/c1-14-34-23-13-33-22-11-20(28)17(10-18(22)25(23)35(14)24-5-8-30-12-21(24)29)16-4-3-15(9-19(16)27)36-26-31-6-2-7-32-26;;/h2-4,6-7,9-11,13,21,24,30H,5,8,12H2,1H3;2*1H2/t21-,24-;;/m0../s1. The number of nitrogens with one attached hydrogen (secondary N) is 1. The summed E-state index contributed by atoms with van der Waals surface area (Å²) in [6.07, 6.45) is 4.31. The van der Waals surface area contributed by atoms with Gasteiger partial charge in [0.15, 0.2) is 0 Å². The molecular weight excluding hydrogens is 550 g/mol. The van der Waals surface area contributed by atoms with Crippen LogP contribution >= 0.6 is 38.6 Å². The van der Waals surface area contributed by atoms with E-state index in [1.54, 1.807) is 48.9 Å². The number of aromatic nitrogens is 5. The quantitative estimate of drug-likeness (QED) is 0.282. The Labute approximate surface area is 236 Å². The van der Waals surface area contributed by atoms with Crippen molar-refractivity contribution in [1.82, 2.24) is 29.8 Å². The van der Waals surface area contributed by atoms with Gasteiger partial charge in [0.2, 0.25) is 0 Å². The predicted octanol–water partition coefficient (Wildman–Crippen LogP) is 6.03. The largest absolute Gasteiger partial charge is 0.424 e. The van der Waals surface area contributed by atoms with Crippen molar-refractivity contribution in [2.45, 2.75) is 25.6 Å². The molecule has 2 aromatic carbocycles. The summed E-state index contributed by atoms with van der Waals surface area (Å²) in [5, 5.41) is 4.08. The van der Waals surface area contributed by atoms with Crippen molar-refractivity contribution >= 4 is 60.5 Å². The average molecular weight is 575 g/mol. The van der Waals surface area contributed by atoms with Gasteiger partial charge >= 0.3 is 6.01 Å². The number of piperidine rings is 1. The van der Waals surface area contributed by atoms with Gasteiger partial charge < -0.3 is 14.6 Å². The highest BCUT2D eigenvalue weighted by Gasteiger charge is 2.29. The zero-order valence-corrected chi connectivity index (χ0v) is 23.0. The molecule has 0 saturated carbocycles. The van der Waals surface area contributed by atoms with Gasteiger partial charge in [-0.25, -0.2) is 23.7 Å². The zero-order valence-electron chi connectivity index (χ0n) is 20.3. The fourth-order valence-corrected chi connectivity index (χ4v) is 5.12. The van der Waals surface area contributed by atoms with Crippen LogP contribution in [0.1, 0.15) is 18.3 Å². The molecule has 7 nitrogen and oxygen atoms in total. The summed E-state index contributed by atoms with van der Waals surface area (Å²) in [6.45, 7) is 2.85. The Balaban J connectivity index is 0.00000168. The van der Waals surface area contributed by atoms with Crippen LogP contribution in [0.2, 0.25) is 5.02 Å². The van der Waals surface area contributed by atoms with Gasteiger partial charge in [0.1, 0.15) is 29.1 Å². The summed E-state index contributed by atoms with van der Waals surface area (Å²) in [5.41, 5.74) is 2.64. The molecule has 1 fully saturated rings. The van der Waals surface area contributed by atoms with Crippen molar-refractivity contribution < 1.29 is 13.5 Å². The van der Waals surface area contributed by atoms with E-state index in [0.29, 0.717) is 57.1 Å². The Bertz CT molecular complexity index is 1600. The van der Waals surface area contributed by atoms with Gasteiger partial charge in [-0.2, -0.15) is 27.0 Å². The third-order valence-electron chi connectivity index (χ3n) is 6.47. The second kappa shape index (κ2) is 11.4. The van der Waals surface area contributed by atoms with Crippen molar-refractivity contribution in [3.05, 3.63) is 71.7 Å². The van der Waals surface area contributed by atoms with Crippen LogP contribution in [0.15, 0.2) is 55.0 Å². The lowest BCUT2D eigenvalue weighted by molar-refractivity contribution is 0.185. The van der Waals surface area contributed by atoms with Crippen LogP contribution in [0.5, 0.6) is 11.8 Å². The fraction of sp³-hybridized carbons (Fsp3) is 0.231. The Morgan fingerprint density at radius 1 is 1.05 bits per heavy atom. The molecule has 4 heterocycles. The molecule has 38 heavy (non-hydrogen) atoms. The molecule has 12 heteroatoms. The normalized spacial score (nSPS) is 17.2. The molecule has 0 aliphatic carbocycles. The van der Waals surface area contributed by atoms with Gasteiger partial charge in [0, 0.05) is 47.6 Å². The van der Waals surface area contributed by atoms with Gasteiger partial charge in [0.25, 0.3) is 0 Å². The molecule has 0 radical (unpaired) electrons. The number of benzene rings is 2. The van der Waals surface area contributed by atoms with Crippen LogP contribution in [0.4, 0.5) is 8.78 Å². The highest BCUT2D eigenvalue weighted by Crippen LogP contribution is 2.38. The fourth-order valence-electron chi connectivity index (χ4n) is 4.85. The van der Waals surface area contributed by atoms with Crippen molar-refractivity contribution in [2.75, 3.05) is 13.1 Å². The number of alkyl halides is 1. The smallest absolute Gasteiger partial charge is 0.321 e. The summed E-state index contributed by atoms with van der Waals surface area (Å²) in [4.78, 5) is 17.1. The second-order valence-electron chi connectivity index (χ2n) is 8.72. The topological polar surface area (TPSA) is 77.8 Å². The van der Waals surface area contributed by atoms with Crippen LogP contribution in [0, 0.1) is 12.7 Å². The van der Waals surface area contributed by atoms with E-state index in [-0.39, 0.29) is 45.6 Å². The van der Waals surface area contributed by atoms with Crippen LogP contribution < -0.4 is 10.1 Å². The summed E-state index contributed by atoms with van der Waals surface area (Å²) < 4.78 is 37.8. The van der Waals surface area contributed by atoms with E-state index in [9.17, 15) is 4.39 Å². The SMILES string of the molecule is Cc1nc2cnc3cc(F)c(-c4ccc(Oc5ncccn5)cc4Cl)cc3c2n1[C@H]1CCNC[C@@H]1F.S.S. The van der Waals surface area contributed by atoms with Crippen molar-refractivity contribution in [2.24, 2.45) is 0 Å². The third-order valence-corrected chi connectivity index (χ3v) is 6.78. The first-order valence-corrected chi connectivity index (χ1v) is 11.9. The number of imidazole rings is 1. The number of fused-ring (bicyclic) bond motifs is 3. The number of hydrogen-bond donors (Lipinski definition) is 1. The first-order valence-electron chi connectivity index (χ1n) is 11.6. The lowest BCUT2D eigenvalue weighted by Crippen LogP contribution is -2.39. The number of ether oxygens (including phenoxy) is 1. The number of halogens is 3. The Kier molecular flexibility index (Phi) is 8.41. The lowest BCUT2D eigenvalue weighted by Gasteiger charge is -2.29. The van der Waals surface area contributed by atoms with E-state index >= 15 is 4.39 Å². The number of nitrogens with zero attached hydrogens (tertiary/aromatic N) is 5. The monoisotopic (exact) mass is 574 g/mol. The van der Waals surface area contributed by atoms with Gasteiger partial charge in [-0.1, -0.05) is 11.6 Å². The molecule has 198 valence electrons. The molecule has 6 rings (SSSR count). The average Bonchev–Trinajstić information content (AvgIpc) is 3.21. The first kappa shape index (κ1) is 28.0. The summed E-state index contributed by atoms with van der Waals surface area (Å²) >= 11 is 6.57. The molecule has 1 saturated heterocycles. The Hall–Kier alpha value is -2.99. The molecule has 1 aliphatic rings. The minimum Gasteiger partial charge on any atom is -0.424 e. The van der Waals surface area contributed by atoms with Crippen molar-refractivity contribution in [1.29, 1.82) is 0 Å². The maximum absolute atomic E-state index is 15.3. The van der Waals surface area contributed by atoms with Gasteiger partial charge in [-0.15, -0.1) is 0 Å². The van der Waals surface area contributed by atoms with E-state index in [2.05, 4.69) is 25.3 Å². The molecule has 5 aromatic rings. The number of rotatable bonds is 4. The molecule has 1 aliphatic heterocycles. The van der Waals surface area contributed by atoms with Crippen LogP contribution in [0.25, 0.3) is 33.1 Å². The van der Waals surface area contributed by atoms with Crippen LogP contribution in [0.3, 0.4) is 0 Å². The molecular formula is C26H25ClF2N6OS2. The van der Waals surface area contributed by atoms with E-state index in [0.717, 1.165) is 5.52 Å². The van der Waals surface area contributed by atoms with Gasteiger partial charge in [-0.05, 0) is 44.2 Å². The molecule has 0 spiro atoms. The Morgan fingerprint density at radius 3 is 2.58 bits per heavy atom. The van der Waals surface area contributed by atoms with Crippen molar-refractivity contribution in [3.8, 4) is 22.9 Å². The molecule has 2 atom stereocenters. The third kappa shape index (κ3) is 5.03. The molecule has 3 aromatic heterocycles. The molecule has 0 unspecified atom stereocenters. The maximum Gasteiger partial charge on any atom is 0.321 e. The summed E-state index contributed by atoms with van der Waals surface area (Å²) in [6, 6.07) is 9.55. The number of aryl methyl sites for hydroxylation is 1. The minimum atomic E-state index is -1.06. The Morgan fingerprint density at radius 2 is 1.84 bits per heavy atom. The zero-order chi connectivity index (χ0) is 24.8. The van der Waals surface area contributed by atoms with Crippen LogP contribution in [-0.2, 0) is 0 Å². The molecule has 0 bridgehead atoms. The first-order chi connectivity index (χ1) is 17.5. The summed E-state index contributed by atoms with van der Waals surface area (Å²) in [7, 11) is 0. The summed E-state index contributed by atoms with van der Waals surface area (Å²) in [5.74, 6) is 0.653. The lowest BCUT2D eigenvalue weighted by atomic mass is 10.0. The van der Waals surface area contributed by atoms with Gasteiger partial charge in [0.05, 0.1) is 28.3 Å². The van der Waals surface area contributed by atoms with Crippen LogP contribution in [-0.4, -0.2) is 43.8 Å². The maximum atomic E-state index is 15.3. The van der Waals surface area contributed by atoms with E-state index in [1.807, 2.05) is 11.5 Å². The number of pyridine rings is 1. The highest BCUT2D eigenvalue weighted by molar-refractivity contribution is 7.59. The second-order valence-corrected chi connectivity index (χ2v) is 9.13. The number of hydrogen-bond acceptors (Lipinski definition) is 6. The van der Waals surface area contributed by atoms with E-state index < -0.39 is 12.0 Å².